The van der Waals surface area contributed by atoms with Gasteiger partial charge in [-0.3, -0.25) is 14.5 Å². The standard InChI is InChI=1S/C28H38N4O4S/c1-28(2,3)19-26(33)31(12-11-30-13-15-36-16-14-30)20-27(34)32-24(21-7-9-22(35-4)10-8-21)18-23(29-32)25-6-5-17-37-25/h5-10,17,24H,11-16,18-20H2,1-4H3/t24-/m1/s1. The Hall–Kier alpha value is -2.75. The molecule has 1 fully saturated rings. The van der Waals surface area contributed by atoms with Gasteiger partial charge in [-0.1, -0.05) is 39.0 Å². The third-order valence-corrected chi connectivity index (χ3v) is 7.54. The highest BCUT2D eigenvalue weighted by atomic mass is 32.1. The predicted molar refractivity (Wildman–Crippen MR) is 146 cm³/mol. The molecule has 4 rings (SSSR count). The molecule has 9 heteroatoms. The molecular formula is C28H38N4O4S. The molecule has 1 aromatic heterocycles. The molecule has 1 aromatic carbocycles. The van der Waals surface area contributed by atoms with E-state index < -0.39 is 0 Å². The number of carbonyl (C=O) groups is 2. The van der Waals surface area contributed by atoms with Gasteiger partial charge in [-0.2, -0.15) is 5.10 Å². The van der Waals surface area contributed by atoms with Gasteiger partial charge in [-0.15, -0.1) is 11.3 Å². The summed E-state index contributed by atoms with van der Waals surface area (Å²) in [5.74, 6) is 0.592. The minimum absolute atomic E-state index is 0.00300. The molecule has 0 bridgehead atoms. The van der Waals surface area contributed by atoms with E-state index in [1.165, 1.54) is 0 Å². The number of rotatable bonds is 9. The fourth-order valence-electron chi connectivity index (χ4n) is 4.60. The minimum Gasteiger partial charge on any atom is -0.497 e. The summed E-state index contributed by atoms with van der Waals surface area (Å²) < 4.78 is 10.8. The Morgan fingerprint density at radius 3 is 2.51 bits per heavy atom. The van der Waals surface area contributed by atoms with Gasteiger partial charge in [0.25, 0.3) is 5.91 Å². The molecule has 0 N–H and O–H groups in total. The quantitative estimate of drug-likeness (QED) is 0.493. The molecule has 1 saturated heterocycles. The number of hydrogen-bond acceptors (Lipinski definition) is 7. The second kappa shape index (κ2) is 12.2. The summed E-state index contributed by atoms with van der Waals surface area (Å²) in [5, 5.41) is 8.39. The molecule has 0 saturated carbocycles. The first-order valence-electron chi connectivity index (χ1n) is 12.9. The van der Waals surface area contributed by atoms with Crippen molar-refractivity contribution in [2.24, 2.45) is 10.5 Å². The SMILES string of the molecule is COc1ccc([C@H]2CC(c3cccs3)=NN2C(=O)CN(CCN2CCOCC2)C(=O)CC(C)(C)C)cc1. The third-order valence-electron chi connectivity index (χ3n) is 6.62. The monoisotopic (exact) mass is 526 g/mol. The van der Waals surface area contributed by atoms with E-state index in [9.17, 15) is 9.59 Å². The number of nitrogens with zero attached hydrogens (tertiary/aromatic N) is 4. The third kappa shape index (κ3) is 7.40. The summed E-state index contributed by atoms with van der Waals surface area (Å²) in [6, 6.07) is 11.6. The van der Waals surface area contributed by atoms with E-state index in [-0.39, 0.29) is 29.8 Å². The van der Waals surface area contributed by atoms with Crippen LogP contribution in [0.4, 0.5) is 0 Å². The molecular weight excluding hydrogens is 488 g/mol. The minimum atomic E-state index is -0.227. The molecule has 2 aliphatic rings. The molecule has 0 spiro atoms. The van der Waals surface area contributed by atoms with Crippen LogP contribution in [0.5, 0.6) is 5.75 Å². The molecule has 2 aliphatic heterocycles. The van der Waals surface area contributed by atoms with Crippen molar-refractivity contribution in [3.05, 3.63) is 52.2 Å². The van der Waals surface area contributed by atoms with Crippen LogP contribution < -0.4 is 4.74 Å². The Labute approximate surface area is 223 Å². The van der Waals surface area contributed by atoms with Gasteiger partial charge >= 0.3 is 0 Å². The number of carbonyl (C=O) groups excluding carboxylic acids is 2. The van der Waals surface area contributed by atoms with Gasteiger partial charge in [0.15, 0.2) is 0 Å². The van der Waals surface area contributed by atoms with Crippen LogP contribution in [0.1, 0.15) is 50.1 Å². The smallest absolute Gasteiger partial charge is 0.262 e. The Morgan fingerprint density at radius 1 is 1.16 bits per heavy atom. The summed E-state index contributed by atoms with van der Waals surface area (Å²) >= 11 is 1.62. The van der Waals surface area contributed by atoms with Crippen LogP contribution in [0.25, 0.3) is 0 Å². The first-order chi connectivity index (χ1) is 17.7. The van der Waals surface area contributed by atoms with Crippen molar-refractivity contribution >= 4 is 28.9 Å². The molecule has 2 amide bonds. The van der Waals surface area contributed by atoms with Crippen molar-refractivity contribution in [3.8, 4) is 5.75 Å². The highest BCUT2D eigenvalue weighted by Crippen LogP contribution is 2.34. The van der Waals surface area contributed by atoms with Gasteiger partial charge in [-0.05, 0) is 34.6 Å². The zero-order valence-electron chi connectivity index (χ0n) is 22.3. The Bertz CT molecular complexity index is 1070. The average Bonchev–Trinajstić information content (AvgIpc) is 3.56. The molecule has 200 valence electrons. The summed E-state index contributed by atoms with van der Waals surface area (Å²) in [5.41, 5.74) is 1.72. The number of hydrazone groups is 1. The summed E-state index contributed by atoms with van der Waals surface area (Å²) in [7, 11) is 1.64. The lowest BCUT2D eigenvalue weighted by atomic mass is 9.91. The number of morpholine rings is 1. The highest BCUT2D eigenvalue weighted by Gasteiger charge is 2.35. The number of thiophene rings is 1. The van der Waals surface area contributed by atoms with E-state index in [4.69, 9.17) is 14.6 Å². The molecule has 3 heterocycles. The Morgan fingerprint density at radius 2 is 1.89 bits per heavy atom. The molecule has 0 aliphatic carbocycles. The average molecular weight is 527 g/mol. The lowest BCUT2D eigenvalue weighted by molar-refractivity contribution is -0.142. The van der Waals surface area contributed by atoms with E-state index in [1.807, 2.05) is 62.5 Å². The van der Waals surface area contributed by atoms with Crippen LogP contribution >= 0.6 is 11.3 Å². The lowest BCUT2D eigenvalue weighted by Crippen LogP contribution is -2.47. The Kier molecular flexibility index (Phi) is 9.00. The van der Waals surface area contributed by atoms with Gasteiger partial charge in [0.2, 0.25) is 5.91 Å². The van der Waals surface area contributed by atoms with Crippen LogP contribution in [-0.2, 0) is 14.3 Å². The normalized spacial score (nSPS) is 18.5. The molecule has 0 radical (unpaired) electrons. The van der Waals surface area contributed by atoms with Crippen LogP contribution in [0.2, 0.25) is 0 Å². The predicted octanol–water partition coefficient (Wildman–Crippen LogP) is 4.03. The molecule has 8 nitrogen and oxygen atoms in total. The zero-order valence-corrected chi connectivity index (χ0v) is 23.1. The maximum Gasteiger partial charge on any atom is 0.262 e. The molecule has 0 unspecified atom stereocenters. The molecule has 37 heavy (non-hydrogen) atoms. The second-order valence-corrected chi connectivity index (χ2v) is 11.7. The van der Waals surface area contributed by atoms with Crippen molar-refractivity contribution in [3.63, 3.8) is 0 Å². The van der Waals surface area contributed by atoms with Crippen molar-refractivity contribution < 1.29 is 19.1 Å². The second-order valence-electron chi connectivity index (χ2n) is 10.8. The highest BCUT2D eigenvalue weighted by molar-refractivity contribution is 7.12. The van der Waals surface area contributed by atoms with Crippen molar-refractivity contribution in [2.75, 3.05) is 53.0 Å². The van der Waals surface area contributed by atoms with E-state index >= 15 is 0 Å². The van der Waals surface area contributed by atoms with Gasteiger partial charge in [0.1, 0.15) is 12.3 Å². The van der Waals surface area contributed by atoms with Gasteiger partial charge in [0.05, 0.1) is 37.0 Å². The fourth-order valence-corrected chi connectivity index (χ4v) is 5.32. The van der Waals surface area contributed by atoms with E-state index in [0.717, 1.165) is 41.5 Å². The number of methoxy groups -OCH3 is 1. The van der Waals surface area contributed by atoms with Crippen molar-refractivity contribution in [1.29, 1.82) is 0 Å². The van der Waals surface area contributed by atoms with Crippen LogP contribution in [0, 0.1) is 5.41 Å². The van der Waals surface area contributed by atoms with Crippen LogP contribution in [0.15, 0.2) is 46.9 Å². The van der Waals surface area contributed by atoms with Crippen molar-refractivity contribution in [2.45, 2.75) is 39.7 Å². The number of benzene rings is 1. The van der Waals surface area contributed by atoms with E-state index in [2.05, 4.69) is 4.90 Å². The van der Waals surface area contributed by atoms with E-state index in [1.54, 1.807) is 28.4 Å². The zero-order chi connectivity index (χ0) is 26.4. The van der Waals surface area contributed by atoms with Crippen molar-refractivity contribution in [1.82, 2.24) is 14.8 Å². The topological polar surface area (TPSA) is 74.7 Å². The van der Waals surface area contributed by atoms with Gasteiger partial charge < -0.3 is 14.4 Å². The molecule has 1 atom stereocenters. The van der Waals surface area contributed by atoms with E-state index in [0.29, 0.717) is 32.6 Å². The number of amides is 2. The first kappa shape index (κ1) is 27.3. The van der Waals surface area contributed by atoms with Gasteiger partial charge in [-0.25, -0.2) is 5.01 Å². The maximum absolute atomic E-state index is 13.8. The summed E-state index contributed by atoms with van der Waals surface area (Å²) in [6.07, 6.45) is 1.01. The van der Waals surface area contributed by atoms with Crippen LogP contribution in [0.3, 0.4) is 0 Å². The van der Waals surface area contributed by atoms with Gasteiger partial charge in [0, 0.05) is 39.0 Å². The lowest BCUT2D eigenvalue weighted by Gasteiger charge is -2.32. The molecule has 2 aromatic rings. The largest absolute Gasteiger partial charge is 0.497 e. The maximum atomic E-state index is 13.8. The van der Waals surface area contributed by atoms with Crippen LogP contribution in [-0.4, -0.2) is 85.4 Å². The Balaban J connectivity index is 1.54. The fraction of sp³-hybridized carbons (Fsp3) is 0.536. The first-order valence-corrected chi connectivity index (χ1v) is 13.8. The summed E-state index contributed by atoms with van der Waals surface area (Å²) in [4.78, 5) is 32.1. The number of ether oxygens (including phenoxy) is 2. The number of hydrogen-bond donors (Lipinski definition) is 0. The summed E-state index contributed by atoms with van der Waals surface area (Å²) in [6.45, 7) is 10.5.